The second kappa shape index (κ2) is 7.23. The zero-order valence-electron chi connectivity index (χ0n) is 13.6. The molecule has 0 unspecified atom stereocenters. The number of carbonyl (C=O) groups excluding carboxylic acids is 1. The van der Waals surface area contributed by atoms with E-state index in [-0.39, 0.29) is 5.91 Å². The van der Waals surface area contributed by atoms with Crippen molar-refractivity contribution in [3.8, 4) is 17.2 Å². The molecule has 0 atom stereocenters. The molecule has 0 fully saturated rings. The summed E-state index contributed by atoms with van der Waals surface area (Å²) in [5.41, 5.74) is 1.99. The fourth-order valence-corrected chi connectivity index (χ4v) is 2.51. The molecule has 2 aromatic carbocycles. The van der Waals surface area contributed by atoms with Gasteiger partial charge in [-0.3, -0.25) is 4.79 Å². The number of methoxy groups -OCH3 is 2. The van der Waals surface area contributed by atoms with Crippen LogP contribution in [0.15, 0.2) is 36.4 Å². The molecule has 126 valence electrons. The summed E-state index contributed by atoms with van der Waals surface area (Å²) < 4.78 is 21.4. The van der Waals surface area contributed by atoms with E-state index in [4.69, 9.17) is 18.9 Å². The molecular formula is C18H19NO5. The summed E-state index contributed by atoms with van der Waals surface area (Å²) in [6.45, 7) is 1.41. The van der Waals surface area contributed by atoms with E-state index < -0.39 is 0 Å². The third-order valence-corrected chi connectivity index (χ3v) is 3.64. The Morgan fingerprint density at radius 1 is 1.08 bits per heavy atom. The highest BCUT2D eigenvalue weighted by atomic mass is 16.6. The lowest BCUT2D eigenvalue weighted by molar-refractivity contribution is 0.102. The Bertz CT molecular complexity index is 744. The van der Waals surface area contributed by atoms with Crippen LogP contribution in [0.2, 0.25) is 0 Å². The van der Waals surface area contributed by atoms with Gasteiger partial charge in [-0.2, -0.15) is 0 Å². The van der Waals surface area contributed by atoms with E-state index in [0.29, 0.717) is 48.3 Å². The van der Waals surface area contributed by atoms with Gasteiger partial charge < -0.3 is 24.3 Å². The number of nitrogens with one attached hydrogen (secondary N) is 1. The Morgan fingerprint density at radius 2 is 1.88 bits per heavy atom. The molecule has 1 heterocycles. The van der Waals surface area contributed by atoms with Crippen molar-refractivity contribution in [1.82, 2.24) is 0 Å². The molecular weight excluding hydrogens is 310 g/mol. The number of anilines is 1. The molecule has 6 heteroatoms. The van der Waals surface area contributed by atoms with Gasteiger partial charge in [-0.05, 0) is 30.3 Å². The van der Waals surface area contributed by atoms with Gasteiger partial charge in [-0.15, -0.1) is 0 Å². The summed E-state index contributed by atoms with van der Waals surface area (Å²) in [6.07, 6.45) is 0. The smallest absolute Gasteiger partial charge is 0.255 e. The molecule has 0 aliphatic carbocycles. The van der Waals surface area contributed by atoms with Gasteiger partial charge in [0.25, 0.3) is 5.91 Å². The predicted octanol–water partition coefficient (Wildman–Crippen LogP) is 2.87. The Kier molecular flexibility index (Phi) is 4.86. The van der Waals surface area contributed by atoms with Crippen molar-refractivity contribution in [2.45, 2.75) is 6.61 Å². The summed E-state index contributed by atoms with van der Waals surface area (Å²) in [6, 6.07) is 10.6. The first-order valence-corrected chi connectivity index (χ1v) is 7.58. The molecule has 1 amide bonds. The number of hydrogen-bond donors (Lipinski definition) is 1. The van der Waals surface area contributed by atoms with Gasteiger partial charge in [-0.25, -0.2) is 0 Å². The molecule has 0 radical (unpaired) electrons. The van der Waals surface area contributed by atoms with Crippen LogP contribution >= 0.6 is 0 Å². The normalized spacial score (nSPS) is 12.6. The Labute approximate surface area is 140 Å². The fourth-order valence-electron chi connectivity index (χ4n) is 2.51. The molecule has 1 aliphatic heterocycles. The lowest BCUT2D eigenvalue weighted by Gasteiger charge is -2.19. The second-order valence-electron chi connectivity index (χ2n) is 5.27. The van der Waals surface area contributed by atoms with Crippen LogP contribution in [0.5, 0.6) is 17.2 Å². The van der Waals surface area contributed by atoms with Crippen LogP contribution < -0.4 is 19.5 Å². The number of rotatable bonds is 5. The van der Waals surface area contributed by atoms with Crippen LogP contribution in [0, 0.1) is 0 Å². The van der Waals surface area contributed by atoms with Gasteiger partial charge in [-0.1, -0.05) is 0 Å². The van der Waals surface area contributed by atoms with Gasteiger partial charge in [0, 0.05) is 30.0 Å². The van der Waals surface area contributed by atoms with Crippen molar-refractivity contribution in [2.75, 3.05) is 32.8 Å². The van der Waals surface area contributed by atoms with Gasteiger partial charge in [0.2, 0.25) is 0 Å². The summed E-state index contributed by atoms with van der Waals surface area (Å²) in [5, 5.41) is 2.86. The molecule has 0 saturated heterocycles. The average molecular weight is 329 g/mol. The number of amides is 1. The first kappa shape index (κ1) is 16.1. The van der Waals surface area contributed by atoms with Crippen LogP contribution in [0.4, 0.5) is 5.69 Å². The number of hydrogen-bond acceptors (Lipinski definition) is 5. The molecule has 0 spiro atoms. The Hall–Kier alpha value is -2.73. The molecule has 3 rings (SSSR count). The number of benzene rings is 2. The zero-order valence-corrected chi connectivity index (χ0v) is 13.6. The van der Waals surface area contributed by atoms with Crippen LogP contribution in [0.3, 0.4) is 0 Å². The van der Waals surface area contributed by atoms with E-state index in [2.05, 4.69) is 5.32 Å². The molecule has 0 saturated carbocycles. The molecule has 0 aromatic heterocycles. The predicted molar refractivity (Wildman–Crippen MR) is 89.1 cm³/mol. The third kappa shape index (κ3) is 3.44. The van der Waals surface area contributed by atoms with Gasteiger partial charge in [0.1, 0.15) is 19.0 Å². The van der Waals surface area contributed by atoms with Crippen molar-refractivity contribution in [3.63, 3.8) is 0 Å². The zero-order chi connectivity index (χ0) is 16.9. The van der Waals surface area contributed by atoms with E-state index in [0.717, 1.165) is 5.56 Å². The van der Waals surface area contributed by atoms with E-state index in [1.807, 2.05) is 0 Å². The SMILES string of the molecule is COCc1cc(C(=O)Nc2ccc3c(c2)OCCO3)ccc1OC. The maximum absolute atomic E-state index is 12.5. The summed E-state index contributed by atoms with van der Waals surface area (Å²) in [7, 11) is 3.19. The highest BCUT2D eigenvalue weighted by molar-refractivity contribution is 6.04. The maximum Gasteiger partial charge on any atom is 0.255 e. The minimum absolute atomic E-state index is 0.216. The number of carbonyl (C=O) groups is 1. The van der Waals surface area contributed by atoms with Crippen LogP contribution in [-0.4, -0.2) is 33.3 Å². The van der Waals surface area contributed by atoms with Crippen molar-refractivity contribution in [3.05, 3.63) is 47.5 Å². The van der Waals surface area contributed by atoms with E-state index in [1.54, 1.807) is 50.6 Å². The minimum atomic E-state index is -0.216. The topological polar surface area (TPSA) is 66.0 Å². The first-order chi connectivity index (χ1) is 11.7. The van der Waals surface area contributed by atoms with Crippen molar-refractivity contribution < 1.29 is 23.7 Å². The second-order valence-corrected chi connectivity index (χ2v) is 5.27. The van der Waals surface area contributed by atoms with E-state index >= 15 is 0 Å². The lowest BCUT2D eigenvalue weighted by Crippen LogP contribution is -2.16. The van der Waals surface area contributed by atoms with Gasteiger partial charge >= 0.3 is 0 Å². The lowest BCUT2D eigenvalue weighted by atomic mass is 10.1. The monoisotopic (exact) mass is 329 g/mol. The number of fused-ring (bicyclic) bond motifs is 1. The molecule has 1 aliphatic rings. The quantitative estimate of drug-likeness (QED) is 0.914. The standard InChI is InChI=1S/C18H19NO5/c1-21-11-13-9-12(3-5-15(13)22-2)18(20)19-14-4-6-16-17(10-14)24-8-7-23-16/h3-6,9-10H,7-8,11H2,1-2H3,(H,19,20). The minimum Gasteiger partial charge on any atom is -0.496 e. The van der Waals surface area contributed by atoms with E-state index in [9.17, 15) is 4.79 Å². The van der Waals surface area contributed by atoms with Crippen LogP contribution in [-0.2, 0) is 11.3 Å². The average Bonchev–Trinajstić information content (AvgIpc) is 2.62. The van der Waals surface area contributed by atoms with Crippen molar-refractivity contribution >= 4 is 11.6 Å². The van der Waals surface area contributed by atoms with Crippen LogP contribution in [0.25, 0.3) is 0 Å². The largest absolute Gasteiger partial charge is 0.496 e. The summed E-state index contributed by atoms with van der Waals surface area (Å²) >= 11 is 0. The van der Waals surface area contributed by atoms with Crippen molar-refractivity contribution in [1.29, 1.82) is 0 Å². The van der Waals surface area contributed by atoms with Gasteiger partial charge in [0.15, 0.2) is 11.5 Å². The summed E-state index contributed by atoms with van der Waals surface area (Å²) in [5.74, 6) is 1.79. The fraction of sp³-hybridized carbons (Fsp3) is 0.278. The molecule has 1 N–H and O–H groups in total. The first-order valence-electron chi connectivity index (χ1n) is 7.58. The summed E-state index contributed by atoms with van der Waals surface area (Å²) in [4.78, 5) is 12.5. The molecule has 24 heavy (non-hydrogen) atoms. The van der Waals surface area contributed by atoms with Crippen molar-refractivity contribution in [2.24, 2.45) is 0 Å². The van der Waals surface area contributed by atoms with Gasteiger partial charge in [0.05, 0.1) is 13.7 Å². The Balaban J connectivity index is 1.78. The Morgan fingerprint density at radius 3 is 2.62 bits per heavy atom. The number of ether oxygens (including phenoxy) is 4. The van der Waals surface area contributed by atoms with Crippen LogP contribution in [0.1, 0.15) is 15.9 Å². The maximum atomic E-state index is 12.5. The third-order valence-electron chi connectivity index (χ3n) is 3.64. The van der Waals surface area contributed by atoms with E-state index in [1.165, 1.54) is 0 Å². The highest BCUT2D eigenvalue weighted by Crippen LogP contribution is 2.32. The highest BCUT2D eigenvalue weighted by Gasteiger charge is 2.14. The molecule has 6 nitrogen and oxygen atoms in total. The molecule has 0 bridgehead atoms. The molecule has 2 aromatic rings.